The van der Waals surface area contributed by atoms with Gasteiger partial charge in [-0.05, 0) is 63.3 Å². The summed E-state index contributed by atoms with van der Waals surface area (Å²) >= 11 is 0. The van der Waals surface area contributed by atoms with Gasteiger partial charge in [-0.1, -0.05) is 6.07 Å². The Kier molecular flexibility index (Phi) is 9.48. The molecule has 2 aliphatic rings. The fraction of sp³-hybridized carbons (Fsp3) is 0.409. The number of nitrogens with zero attached hydrogens (tertiary/aromatic N) is 1. The maximum atomic E-state index is 12.1. The van der Waals surface area contributed by atoms with E-state index >= 15 is 0 Å². The van der Waals surface area contributed by atoms with Crippen LogP contribution in [-0.4, -0.2) is 45.3 Å². The van der Waals surface area contributed by atoms with Crippen LogP contribution in [0.15, 0.2) is 36.5 Å². The molecular weight excluding hydrogens is 424 g/mol. The van der Waals surface area contributed by atoms with Crippen LogP contribution in [0.2, 0.25) is 0 Å². The molecule has 0 spiro atoms. The van der Waals surface area contributed by atoms with Crippen molar-refractivity contribution >= 4 is 17.5 Å². The van der Waals surface area contributed by atoms with Crippen molar-refractivity contribution in [3.63, 3.8) is 0 Å². The molecule has 1 aromatic carbocycles. The first-order chi connectivity index (χ1) is 15.2. The van der Waals surface area contributed by atoms with Crippen LogP contribution >= 0.6 is 0 Å². The Morgan fingerprint density at radius 1 is 1.19 bits per heavy atom. The lowest BCUT2D eigenvalue weighted by Gasteiger charge is -2.17. The Bertz CT molecular complexity index is 904. The summed E-state index contributed by atoms with van der Waals surface area (Å²) in [5, 5.41) is 19.6. The van der Waals surface area contributed by atoms with Gasteiger partial charge in [0.05, 0.1) is 12.2 Å². The fourth-order valence-corrected chi connectivity index (χ4v) is 2.74. The number of phenolic OH excluding ortho intramolecular Hbond substituents is 1. The number of aliphatic hydroxyl groups excluding tert-OH is 1. The molecule has 2 unspecified atom stereocenters. The highest BCUT2D eigenvalue weighted by atomic mass is 19.2. The van der Waals surface area contributed by atoms with E-state index in [1.54, 1.807) is 6.07 Å². The number of rotatable bonds is 3. The predicted octanol–water partition coefficient (Wildman–Crippen LogP) is 2.89. The number of carbonyl (C=O) groups excluding carboxylic acids is 2. The lowest BCUT2D eigenvalue weighted by atomic mass is 9.97. The van der Waals surface area contributed by atoms with Crippen LogP contribution in [0.5, 0.6) is 5.75 Å². The van der Waals surface area contributed by atoms with Gasteiger partial charge in [0.2, 0.25) is 0 Å². The number of ether oxygens (including phenoxy) is 1. The number of aliphatic hydroxyl groups is 1. The quantitative estimate of drug-likeness (QED) is 0.567. The van der Waals surface area contributed by atoms with E-state index in [1.807, 2.05) is 6.92 Å². The summed E-state index contributed by atoms with van der Waals surface area (Å²) in [6.45, 7) is 1.94. The zero-order valence-electron chi connectivity index (χ0n) is 17.6. The molecule has 8 nitrogen and oxygen atoms in total. The normalized spacial score (nSPS) is 19.5. The molecule has 1 aliphatic heterocycles. The number of hydrogen-bond donors (Lipinski definition) is 4. The van der Waals surface area contributed by atoms with E-state index in [0.29, 0.717) is 12.1 Å². The van der Waals surface area contributed by atoms with E-state index in [2.05, 4.69) is 10.3 Å². The van der Waals surface area contributed by atoms with Gasteiger partial charge in [-0.25, -0.2) is 4.39 Å². The molecule has 1 aliphatic carbocycles. The van der Waals surface area contributed by atoms with Crippen molar-refractivity contribution in [3.05, 3.63) is 53.9 Å². The van der Waals surface area contributed by atoms with Crippen LogP contribution in [0.4, 0.5) is 14.5 Å². The van der Waals surface area contributed by atoms with Gasteiger partial charge < -0.3 is 26.0 Å². The van der Waals surface area contributed by atoms with Crippen molar-refractivity contribution in [2.45, 2.75) is 57.3 Å². The highest BCUT2D eigenvalue weighted by Crippen LogP contribution is 2.21. The first kappa shape index (κ1) is 25.2. The molecule has 174 valence electrons. The minimum absolute atomic E-state index is 0.0648. The van der Waals surface area contributed by atoms with Gasteiger partial charge in [0.1, 0.15) is 11.8 Å². The molecule has 2 atom stereocenters. The molecule has 1 saturated heterocycles. The van der Waals surface area contributed by atoms with E-state index in [-0.39, 0.29) is 23.8 Å². The highest BCUT2D eigenvalue weighted by Gasteiger charge is 2.28. The lowest BCUT2D eigenvalue weighted by Crippen LogP contribution is -2.28. The maximum absolute atomic E-state index is 12.1. The third-order valence-electron chi connectivity index (χ3n) is 4.81. The maximum Gasteiger partial charge on any atom is 0.267 e. The van der Waals surface area contributed by atoms with Crippen molar-refractivity contribution in [1.29, 1.82) is 0 Å². The Hall–Kier alpha value is -3.11. The number of nitrogens with one attached hydrogen (secondary N) is 1. The van der Waals surface area contributed by atoms with E-state index in [9.17, 15) is 18.4 Å². The topological polar surface area (TPSA) is 135 Å². The van der Waals surface area contributed by atoms with Gasteiger partial charge >= 0.3 is 0 Å². The van der Waals surface area contributed by atoms with Gasteiger partial charge in [0.25, 0.3) is 11.8 Å². The zero-order chi connectivity index (χ0) is 23.7. The summed E-state index contributed by atoms with van der Waals surface area (Å²) in [4.78, 5) is 26.6. The summed E-state index contributed by atoms with van der Waals surface area (Å²) in [5.74, 6) is -3.72. The number of aromatic hydroxyl groups is 1. The molecule has 2 fully saturated rings. The smallest absolute Gasteiger partial charge is 0.267 e. The number of hydrogen-bond acceptors (Lipinski definition) is 6. The van der Waals surface area contributed by atoms with Gasteiger partial charge in [0.15, 0.2) is 17.4 Å². The Labute approximate surface area is 184 Å². The number of carbonyl (C=O) groups is 2. The second-order valence-corrected chi connectivity index (χ2v) is 7.45. The summed E-state index contributed by atoms with van der Waals surface area (Å²) in [6, 6.07) is 6.29. The predicted molar refractivity (Wildman–Crippen MR) is 113 cm³/mol. The molecule has 32 heavy (non-hydrogen) atoms. The molecule has 5 N–H and O–H groups in total. The number of anilines is 1. The molecule has 0 radical (unpaired) electrons. The molecule has 0 bridgehead atoms. The number of benzene rings is 1. The van der Waals surface area contributed by atoms with E-state index in [0.717, 1.165) is 31.4 Å². The average molecular weight is 451 g/mol. The number of primary amides is 1. The summed E-state index contributed by atoms with van der Waals surface area (Å²) in [6.07, 6.45) is 6.08. The molecular formula is C22H27F2N3O5. The highest BCUT2D eigenvalue weighted by molar-refractivity contribution is 5.96. The number of amides is 2. The Morgan fingerprint density at radius 2 is 1.88 bits per heavy atom. The van der Waals surface area contributed by atoms with Gasteiger partial charge in [-0.2, -0.15) is 4.39 Å². The van der Waals surface area contributed by atoms with E-state index in [1.165, 1.54) is 24.8 Å². The number of pyridine rings is 1. The van der Waals surface area contributed by atoms with E-state index in [4.69, 9.17) is 20.7 Å². The molecule has 1 saturated carbocycles. The SMILES string of the molecule is CC1CCC(C(=O)Nc2ccnc(C(N)=O)c2)O1.OC1CCC1.Oc1cccc(F)c1F. The van der Waals surface area contributed by atoms with Crippen molar-refractivity contribution in [3.8, 4) is 5.75 Å². The second-order valence-electron chi connectivity index (χ2n) is 7.45. The first-order valence-corrected chi connectivity index (χ1v) is 10.2. The average Bonchev–Trinajstić information content (AvgIpc) is 3.18. The van der Waals surface area contributed by atoms with Crippen LogP contribution in [0.3, 0.4) is 0 Å². The lowest BCUT2D eigenvalue weighted by molar-refractivity contribution is -0.126. The second kappa shape index (κ2) is 12.1. The molecule has 10 heteroatoms. The van der Waals surface area contributed by atoms with Crippen molar-refractivity contribution in [1.82, 2.24) is 4.98 Å². The van der Waals surface area contributed by atoms with E-state index < -0.39 is 29.4 Å². The number of nitrogens with two attached hydrogens (primary N) is 1. The monoisotopic (exact) mass is 451 g/mol. The van der Waals surface area contributed by atoms with Gasteiger partial charge in [-0.15, -0.1) is 0 Å². The first-order valence-electron chi connectivity index (χ1n) is 10.2. The third-order valence-corrected chi connectivity index (χ3v) is 4.81. The minimum Gasteiger partial charge on any atom is -0.505 e. The Morgan fingerprint density at radius 3 is 2.34 bits per heavy atom. The summed E-state index contributed by atoms with van der Waals surface area (Å²) in [7, 11) is 0. The summed E-state index contributed by atoms with van der Waals surface area (Å²) in [5.41, 5.74) is 5.73. The molecule has 4 rings (SSSR count). The molecule has 1 aromatic heterocycles. The van der Waals surface area contributed by atoms with Crippen LogP contribution in [0.1, 0.15) is 49.5 Å². The Balaban J connectivity index is 0.000000213. The fourth-order valence-electron chi connectivity index (χ4n) is 2.74. The number of aromatic nitrogens is 1. The zero-order valence-corrected chi connectivity index (χ0v) is 17.6. The van der Waals surface area contributed by atoms with Crippen LogP contribution < -0.4 is 11.1 Å². The van der Waals surface area contributed by atoms with Crippen LogP contribution in [0, 0.1) is 11.6 Å². The number of halogens is 2. The molecule has 2 amide bonds. The molecule has 2 heterocycles. The number of phenols is 1. The largest absolute Gasteiger partial charge is 0.505 e. The van der Waals surface area contributed by atoms with Crippen molar-refractivity contribution < 1.29 is 33.3 Å². The van der Waals surface area contributed by atoms with Crippen molar-refractivity contribution in [2.24, 2.45) is 5.73 Å². The van der Waals surface area contributed by atoms with Crippen molar-refractivity contribution in [2.75, 3.05) is 5.32 Å². The van der Waals surface area contributed by atoms with Gasteiger partial charge in [-0.3, -0.25) is 14.6 Å². The van der Waals surface area contributed by atoms with Crippen LogP contribution in [0.25, 0.3) is 0 Å². The van der Waals surface area contributed by atoms with Gasteiger partial charge in [0, 0.05) is 11.9 Å². The van der Waals surface area contributed by atoms with Crippen LogP contribution in [-0.2, 0) is 9.53 Å². The third kappa shape index (κ3) is 7.86. The summed E-state index contributed by atoms with van der Waals surface area (Å²) < 4.78 is 29.6. The minimum atomic E-state index is -1.20. The molecule has 2 aromatic rings. The standard InChI is InChI=1S/C12H15N3O3.C6H4F2O.C4H8O/c1-7-2-3-10(18-7)12(17)15-8-4-5-14-9(6-8)11(13)16;7-4-2-1-3-5(9)6(4)8;5-4-2-1-3-4/h4-7,10H,2-3H2,1H3,(H2,13,16)(H,14,15,17);1-3,9H;4-5H,1-3H2.